The number of phenolic OH excluding ortho intramolecular Hbond substituents is 1. The first-order valence-corrected chi connectivity index (χ1v) is 7.47. The summed E-state index contributed by atoms with van der Waals surface area (Å²) in [5.74, 6) is 0.0747. The third-order valence-electron chi connectivity index (χ3n) is 4.09. The van der Waals surface area contributed by atoms with Crippen LogP contribution in [0.25, 0.3) is 10.8 Å². The Morgan fingerprint density at radius 1 is 0.870 bits per heavy atom. The Morgan fingerprint density at radius 3 is 2.39 bits per heavy atom. The maximum Gasteiger partial charge on any atom is 0.153 e. The SMILES string of the molecule is Cc1ccc(N=Nc2c(C)cc3cccc(N)c3c2O)cc1C. The molecule has 0 fully saturated rings. The molecule has 0 spiro atoms. The van der Waals surface area contributed by atoms with Crippen LogP contribution in [0.1, 0.15) is 16.7 Å². The van der Waals surface area contributed by atoms with Crippen LogP contribution in [0.4, 0.5) is 17.1 Å². The second kappa shape index (κ2) is 5.72. The van der Waals surface area contributed by atoms with Gasteiger partial charge < -0.3 is 10.8 Å². The Bertz CT molecular complexity index is 930. The monoisotopic (exact) mass is 305 g/mol. The van der Waals surface area contributed by atoms with Gasteiger partial charge in [-0.2, -0.15) is 5.11 Å². The first-order chi connectivity index (χ1) is 11.0. The third-order valence-corrected chi connectivity index (χ3v) is 4.09. The van der Waals surface area contributed by atoms with Crippen molar-refractivity contribution in [3.63, 3.8) is 0 Å². The van der Waals surface area contributed by atoms with Gasteiger partial charge in [-0.25, -0.2) is 0 Å². The van der Waals surface area contributed by atoms with E-state index >= 15 is 0 Å². The van der Waals surface area contributed by atoms with E-state index < -0.39 is 0 Å². The van der Waals surface area contributed by atoms with Gasteiger partial charge in [0, 0.05) is 11.1 Å². The normalized spacial score (nSPS) is 11.4. The fourth-order valence-electron chi connectivity index (χ4n) is 2.61. The van der Waals surface area contributed by atoms with E-state index in [1.807, 2.05) is 50.2 Å². The van der Waals surface area contributed by atoms with Gasteiger partial charge in [-0.3, -0.25) is 0 Å². The maximum atomic E-state index is 10.6. The van der Waals surface area contributed by atoms with Gasteiger partial charge in [0.25, 0.3) is 0 Å². The first-order valence-electron chi connectivity index (χ1n) is 7.47. The summed E-state index contributed by atoms with van der Waals surface area (Å²) in [7, 11) is 0. The molecule has 23 heavy (non-hydrogen) atoms. The van der Waals surface area contributed by atoms with Crippen LogP contribution in [-0.4, -0.2) is 5.11 Å². The van der Waals surface area contributed by atoms with E-state index in [1.165, 1.54) is 5.56 Å². The Balaban J connectivity index is 2.10. The lowest BCUT2D eigenvalue weighted by molar-refractivity contribution is 0.482. The molecule has 0 unspecified atom stereocenters. The highest BCUT2D eigenvalue weighted by molar-refractivity contribution is 6.01. The molecule has 0 aliphatic heterocycles. The Labute approximate surface area is 135 Å². The van der Waals surface area contributed by atoms with Crippen molar-refractivity contribution in [2.75, 3.05) is 5.73 Å². The lowest BCUT2D eigenvalue weighted by Gasteiger charge is -2.09. The van der Waals surface area contributed by atoms with E-state index in [9.17, 15) is 5.11 Å². The molecule has 3 rings (SSSR count). The van der Waals surface area contributed by atoms with Crippen molar-refractivity contribution >= 4 is 27.8 Å². The minimum atomic E-state index is 0.0747. The molecule has 0 aliphatic rings. The number of rotatable bonds is 2. The first kappa shape index (κ1) is 15.0. The van der Waals surface area contributed by atoms with Crippen LogP contribution < -0.4 is 5.73 Å². The number of fused-ring (bicyclic) bond motifs is 1. The quantitative estimate of drug-likeness (QED) is 0.487. The van der Waals surface area contributed by atoms with E-state index in [1.54, 1.807) is 6.07 Å². The molecule has 0 radical (unpaired) electrons. The summed E-state index contributed by atoms with van der Waals surface area (Å²) in [6.45, 7) is 5.99. The van der Waals surface area contributed by atoms with Crippen LogP contribution in [-0.2, 0) is 0 Å². The number of nitrogens with two attached hydrogens (primary N) is 1. The van der Waals surface area contributed by atoms with Gasteiger partial charge in [-0.1, -0.05) is 18.2 Å². The number of benzene rings is 3. The van der Waals surface area contributed by atoms with Gasteiger partial charge in [0.2, 0.25) is 0 Å². The van der Waals surface area contributed by atoms with Crippen molar-refractivity contribution in [2.24, 2.45) is 10.2 Å². The number of aryl methyl sites for hydroxylation is 3. The number of nitrogens with zero attached hydrogens (tertiary/aromatic N) is 2. The standard InChI is InChI=1S/C19H19N3O/c1-11-7-8-15(10-12(11)2)21-22-18-13(3)9-14-5-4-6-16(20)17(14)19(18)23/h4-10,23H,20H2,1-3H3. The topological polar surface area (TPSA) is 71.0 Å². The van der Waals surface area contributed by atoms with Crippen molar-refractivity contribution in [1.82, 2.24) is 0 Å². The van der Waals surface area contributed by atoms with E-state index in [4.69, 9.17) is 5.73 Å². The van der Waals surface area contributed by atoms with Crippen LogP contribution in [0.3, 0.4) is 0 Å². The van der Waals surface area contributed by atoms with Gasteiger partial charge in [-0.15, -0.1) is 5.11 Å². The molecule has 3 N–H and O–H groups in total. The van der Waals surface area contributed by atoms with Crippen molar-refractivity contribution in [2.45, 2.75) is 20.8 Å². The number of azo groups is 1. The Kier molecular flexibility index (Phi) is 3.74. The number of anilines is 1. The van der Waals surface area contributed by atoms with Crippen molar-refractivity contribution in [3.05, 3.63) is 59.2 Å². The van der Waals surface area contributed by atoms with Crippen LogP contribution >= 0.6 is 0 Å². The number of hydrogen-bond donors (Lipinski definition) is 2. The molecular weight excluding hydrogens is 286 g/mol. The third kappa shape index (κ3) is 2.75. The average molecular weight is 305 g/mol. The molecule has 4 heteroatoms. The van der Waals surface area contributed by atoms with Crippen LogP contribution in [0.5, 0.6) is 5.75 Å². The Hall–Kier alpha value is -2.88. The molecule has 0 saturated heterocycles. The molecule has 0 amide bonds. The van der Waals surface area contributed by atoms with E-state index in [-0.39, 0.29) is 5.75 Å². The summed E-state index contributed by atoms with van der Waals surface area (Å²) in [5, 5.41) is 20.6. The van der Waals surface area contributed by atoms with Crippen molar-refractivity contribution in [3.8, 4) is 5.75 Å². The number of nitrogen functional groups attached to an aromatic ring is 1. The molecule has 0 heterocycles. The Morgan fingerprint density at radius 2 is 1.65 bits per heavy atom. The maximum absolute atomic E-state index is 10.6. The molecule has 4 nitrogen and oxygen atoms in total. The summed E-state index contributed by atoms with van der Waals surface area (Å²) < 4.78 is 0. The highest BCUT2D eigenvalue weighted by Gasteiger charge is 2.12. The number of phenols is 1. The van der Waals surface area contributed by atoms with Gasteiger partial charge in [0.05, 0.1) is 5.69 Å². The molecule has 3 aromatic rings. The lowest BCUT2D eigenvalue weighted by atomic mass is 10.0. The van der Waals surface area contributed by atoms with Crippen LogP contribution in [0.15, 0.2) is 52.7 Å². The smallest absolute Gasteiger partial charge is 0.153 e. The van der Waals surface area contributed by atoms with Gasteiger partial charge in [-0.05, 0) is 67.1 Å². The molecule has 0 bridgehead atoms. The van der Waals surface area contributed by atoms with Crippen molar-refractivity contribution in [1.29, 1.82) is 0 Å². The fraction of sp³-hybridized carbons (Fsp3) is 0.158. The summed E-state index contributed by atoms with van der Waals surface area (Å²) in [6, 6.07) is 13.4. The van der Waals surface area contributed by atoms with Gasteiger partial charge >= 0.3 is 0 Å². The second-order valence-corrected chi connectivity index (χ2v) is 5.80. The van der Waals surface area contributed by atoms with Gasteiger partial charge in [0.15, 0.2) is 5.75 Å². The highest BCUT2D eigenvalue weighted by Crippen LogP contribution is 2.41. The van der Waals surface area contributed by atoms with E-state index in [0.717, 1.165) is 22.2 Å². The molecule has 0 aliphatic carbocycles. The van der Waals surface area contributed by atoms with Crippen LogP contribution in [0, 0.1) is 20.8 Å². The van der Waals surface area contributed by atoms with E-state index in [0.29, 0.717) is 16.8 Å². The summed E-state index contributed by atoms with van der Waals surface area (Å²) in [5.41, 5.74) is 10.9. The number of aromatic hydroxyl groups is 1. The zero-order valence-electron chi connectivity index (χ0n) is 13.5. The number of hydrogen-bond acceptors (Lipinski definition) is 4. The van der Waals surface area contributed by atoms with E-state index in [2.05, 4.69) is 17.2 Å². The highest BCUT2D eigenvalue weighted by atomic mass is 16.3. The predicted molar refractivity (Wildman–Crippen MR) is 94.9 cm³/mol. The molecule has 116 valence electrons. The largest absolute Gasteiger partial charge is 0.505 e. The minimum absolute atomic E-state index is 0.0747. The minimum Gasteiger partial charge on any atom is -0.505 e. The summed E-state index contributed by atoms with van der Waals surface area (Å²) in [6.07, 6.45) is 0. The fourth-order valence-corrected chi connectivity index (χ4v) is 2.61. The summed E-state index contributed by atoms with van der Waals surface area (Å²) >= 11 is 0. The summed E-state index contributed by atoms with van der Waals surface area (Å²) in [4.78, 5) is 0. The van der Waals surface area contributed by atoms with Crippen LogP contribution in [0.2, 0.25) is 0 Å². The predicted octanol–water partition coefficient (Wildman–Crippen LogP) is 5.47. The molecule has 0 atom stereocenters. The zero-order chi connectivity index (χ0) is 16.6. The molecule has 0 saturated carbocycles. The molecule has 0 aromatic heterocycles. The molecule has 3 aromatic carbocycles. The average Bonchev–Trinajstić information content (AvgIpc) is 2.50. The molecular formula is C19H19N3O. The second-order valence-electron chi connectivity index (χ2n) is 5.80. The van der Waals surface area contributed by atoms with Crippen molar-refractivity contribution < 1.29 is 5.11 Å². The lowest BCUT2D eigenvalue weighted by Crippen LogP contribution is -1.88. The zero-order valence-corrected chi connectivity index (χ0v) is 13.5. The van der Waals surface area contributed by atoms with Gasteiger partial charge in [0.1, 0.15) is 5.69 Å².